The zero-order chi connectivity index (χ0) is 19.8. The maximum atomic E-state index is 13.1. The molecule has 29 heavy (non-hydrogen) atoms. The molecule has 0 saturated carbocycles. The summed E-state index contributed by atoms with van der Waals surface area (Å²) in [5.74, 6) is 0.0876. The van der Waals surface area contributed by atoms with Crippen LogP contribution in [0.4, 0.5) is 0 Å². The Balaban J connectivity index is 1.56. The number of carbonyl (C=O) groups is 1. The number of hydrogen-bond acceptors (Lipinski definition) is 2. The summed E-state index contributed by atoms with van der Waals surface area (Å²) in [7, 11) is 0. The van der Waals surface area contributed by atoms with Crippen molar-refractivity contribution in [1.82, 2.24) is 14.3 Å². The number of aryl methyl sites for hydroxylation is 1. The lowest BCUT2D eigenvalue weighted by molar-refractivity contribution is 0.0733. The van der Waals surface area contributed by atoms with E-state index in [1.54, 1.807) is 0 Å². The van der Waals surface area contributed by atoms with E-state index in [0.717, 1.165) is 47.4 Å². The third-order valence-electron chi connectivity index (χ3n) is 5.79. The summed E-state index contributed by atoms with van der Waals surface area (Å²) in [5, 5.41) is 0. The molecule has 0 unspecified atom stereocenters. The molecule has 1 atom stereocenters. The number of pyridine rings is 1. The van der Waals surface area contributed by atoms with Crippen molar-refractivity contribution in [1.29, 1.82) is 0 Å². The summed E-state index contributed by atoms with van der Waals surface area (Å²) >= 11 is 0. The molecule has 1 aliphatic rings. The second-order valence-electron chi connectivity index (χ2n) is 7.66. The van der Waals surface area contributed by atoms with Crippen molar-refractivity contribution in [3.05, 3.63) is 95.9 Å². The molecule has 0 radical (unpaired) electrons. The van der Waals surface area contributed by atoms with Crippen molar-refractivity contribution in [3.63, 3.8) is 0 Å². The fraction of sp³-hybridized carbons (Fsp3) is 0.200. The fourth-order valence-corrected chi connectivity index (χ4v) is 4.35. The van der Waals surface area contributed by atoms with Gasteiger partial charge in [-0.3, -0.25) is 4.79 Å². The lowest BCUT2D eigenvalue weighted by Gasteiger charge is -2.23. The molecule has 1 saturated heterocycles. The molecule has 1 amide bonds. The van der Waals surface area contributed by atoms with Gasteiger partial charge in [0.15, 0.2) is 0 Å². The molecule has 5 rings (SSSR count). The van der Waals surface area contributed by atoms with Gasteiger partial charge in [0.05, 0.1) is 11.7 Å². The fourth-order valence-electron chi connectivity index (χ4n) is 4.35. The van der Waals surface area contributed by atoms with Gasteiger partial charge in [-0.25, -0.2) is 4.98 Å². The first kappa shape index (κ1) is 17.7. The molecule has 0 spiro atoms. The lowest BCUT2D eigenvalue weighted by atomic mass is 10.0. The summed E-state index contributed by atoms with van der Waals surface area (Å²) in [6.45, 7) is 2.90. The molecular weight excluding hydrogens is 358 g/mol. The molecule has 0 bridgehead atoms. The van der Waals surface area contributed by atoms with Gasteiger partial charge in [-0.2, -0.15) is 0 Å². The van der Waals surface area contributed by atoms with Crippen LogP contribution in [0.15, 0.2) is 79.1 Å². The van der Waals surface area contributed by atoms with Gasteiger partial charge in [-0.05, 0) is 49.1 Å². The van der Waals surface area contributed by atoms with E-state index < -0.39 is 0 Å². The summed E-state index contributed by atoms with van der Waals surface area (Å²) < 4.78 is 2.09. The molecule has 0 aliphatic carbocycles. The van der Waals surface area contributed by atoms with Gasteiger partial charge < -0.3 is 9.30 Å². The van der Waals surface area contributed by atoms with E-state index in [1.807, 2.05) is 41.3 Å². The Hall–Kier alpha value is -3.40. The molecule has 144 valence electrons. The van der Waals surface area contributed by atoms with E-state index in [2.05, 4.69) is 54.0 Å². The number of rotatable bonds is 3. The van der Waals surface area contributed by atoms with Crippen LogP contribution in [0.25, 0.3) is 16.8 Å². The largest absolute Gasteiger partial charge is 0.330 e. The number of aromatic nitrogens is 2. The monoisotopic (exact) mass is 381 g/mol. The first-order valence-corrected chi connectivity index (χ1v) is 10.1. The number of carbonyl (C=O) groups excluding carboxylic acids is 1. The third-order valence-corrected chi connectivity index (χ3v) is 5.79. The predicted molar refractivity (Wildman–Crippen MR) is 115 cm³/mol. The van der Waals surface area contributed by atoms with E-state index in [9.17, 15) is 4.79 Å². The Morgan fingerprint density at radius 3 is 2.48 bits per heavy atom. The number of amides is 1. The Bertz CT molecular complexity index is 1160. The highest BCUT2D eigenvalue weighted by Crippen LogP contribution is 2.35. The van der Waals surface area contributed by atoms with E-state index in [0.29, 0.717) is 0 Å². The van der Waals surface area contributed by atoms with Crippen LogP contribution in [-0.2, 0) is 0 Å². The summed E-state index contributed by atoms with van der Waals surface area (Å²) in [6, 6.07) is 22.1. The van der Waals surface area contributed by atoms with Crippen LogP contribution in [-0.4, -0.2) is 26.7 Å². The van der Waals surface area contributed by atoms with Crippen LogP contribution in [0.1, 0.15) is 40.5 Å². The molecule has 2 aromatic carbocycles. The molecule has 4 aromatic rings. The highest BCUT2D eigenvalue weighted by Gasteiger charge is 2.32. The molecule has 2 aromatic heterocycles. The van der Waals surface area contributed by atoms with E-state index in [4.69, 9.17) is 4.98 Å². The van der Waals surface area contributed by atoms with Crippen LogP contribution in [0.2, 0.25) is 0 Å². The van der Waals surface area contributed by atoms with Crippen molar-refractivity contribution in [2.45, 2.75) is 25.8 Å². The number of imidazole rings is 1. The molecule has 4 heteroatoms. The molecule has 1 aliphatic heterocycles. The van der Waals surface area contributed by atoms with E-state index in [-0.39, 0.29) is 11.9 Å². The van der Waals surface area contributed by atoms with Gasteiger partial charge >= 0.3 is 0 Å². The van der Waals surface area contributed by atoms with Crippen molar-refractivity contribution in [2.75, 3.05) is 6.54 Å². The van der Waals surface area contributed by atoms with Gasteiger partial charge in [0.1, 0.15) is 5.65 Å². The van der Waals surface area contributed by atoms with E-state index >= 15 is 0 Å². The highest BCUT2D eigenvalue weighted by molar-refractivity contribution is 5.94. The Labute approximate surface area is 170 Å². The minimum Gasteiger partial charge on any atom is -0.330 e. The molecule has 4 nitrogen and oxygen atoms in total. The molecule has 3 heterocycles. The average Bonchev–Trinajstić information content (AvgIpc) is 3.41. The summed E-state index contributed by atoms with van der Waals surface area (Å²) in [4.78, 5) is 20.1. The summed E-state index contributed by atoms with van der Waals surface area (Å²) in [5.41, 5.74) is 6.17. The summed E-state index contributed by atoms with van der Waals surface area (Å²) in [6.07, 6.45) is 6.10. The van der Waals surface area contributed by atoms with Crippen LogP contribution < -0.4 is 0 Å². The Morgan fingerprint density at radius 1 is 1.00 bits per heavy atom. The Morgan fingerprint density at radius 2 is 1.72 bits per heavy atom. The number of benzene rings is 2. The van der Waals surface area contributed by atoms with Crippen LogP contribution >= 0.6 is 0 Å². The van der Waals surface area contributed by atoms with Gasteiger partial charge in [0.2, 0.25) is 0 Å². The van der Waals surface area contributed by atoms with Crippen molar-refractivity contribution >= 4 is 11.6 Å². The van der Waals surface area contributed by atoms with Gasteiger partial charge in [-0.15, -0.1) is 0 Å². The smallest absolute Gasteiger partial charge is 0.254 e. The third kappa shape index (κ3) is 3.11. The van der Waals surface area contributed by atoms with Crippen LogP contribution in [0.5, 0.6) is 0 Å². The maximum Gasteiger partial charge on any atom is 0.254 e. The predicted octanol–water partition coefficient (Wildman–Crippen LogP) is 5.29. The topological polar surface area (TPSA) is 37.6 Å². The highest BCUT2D eigenvalue weighted by atomic mass is 16.2. The van der Waals surface area contributed by atoms with Crippen LogP contribution in [0.3, 0.4) is 0 Å². The lowest BCUT2D eigenvalue weighted by Crippen LogP contribution is -2.30. The minimum atomic E-state index is 0.0199. The SMILES string of the molecule is Cc1ccn2cc([C@@H]3CCCN3C(=O)c3ccccc3)nc2c1-c1ccccc1. The van der Waals surface area contributed by atoms with Crippen molar-refractivity contribution in [3.8, 4) is 11.1 Å². The first-order valence-electron chi connectivity index (χ1n) is 10.1. The molecular formula is C25H23N3O. The number of hydrogen-bond donors (Lipinski definition) is 0. The Kier molecular flexibility index (Phi) is 4.39. The molecule has 0 N–H and O–H groups in total. The first-order chi connectivity index (χ1) is 14.2. The van der Waals surface area contributed by atoms with Crippen LogP contribution in [0, 0.1) is 6.92 Å². The van der Waals surface area contributed by atoms with Gasteiger partial charge in [-0.1, -0.05) is 48.5 Å². The van der Waals surface area contributed by atoms with Gasteiger partial charge in [0.25, 0.3) is 5.91 Å². The number of fused-ring (bicyclic) bond motifs is 1. The second kappa shape index (κ2) is 7.21. The average molecular weight is 381 g/mol. The quantitative estimate of drug-likeness (QED) is 0.484. The van der Waals surface area contributed by atoms with Crippen molar-refractivity contribution in [2.24, 2.45) is 0 Å². The van der Waals surface area contributed by atoms with Gasteiger partial charge in [0, 0.05) is 30.1 Å². The minimum absolute atomic E-state index is 0.0199. The number of likely N-dealkylation sites (tertiary alicyclic amines) is 1. The normalized spacial score (nSPS) is 16.4. The van der Waals surface area contributed by atoms with E-state index in [1.165, 1.54) is 5.56 Å². The standard InChI is InChI=1S/C25H23N3O/c1-18-14-16-27-17-21(26-24(27)23(18)19-9-4-2-5-10-19)22-13-8-15-28(22)25(29)20-11-6-3-7-12-20/h2-7,9-12,14,16-17,22H,8,13,15H2,1H3/t22-/m0/s1. The zero-order valence-electron chi connectivity index (χ0n) is 16.5. The van der Waals surface area contributed by atoms with Crippen molar-refractivity contribution < 1.29 is 4.79 Å². The zero-order valence-corrected chi connectivity index (χ0v) is 16.5. The second-order valence-corrected chi connectivity index (χ2v) is 7.66. The molecule has 1 fully saturated rings. The maximum absolute atomic E-state index is 13.1. The number of nitrogens with zero attached hydrogens (tertiary/aromatic N) is 3.